The first-order valence-electron chi connectivity index (χ1n) is 7.31. The Morgan fingerprint density at radius 2 is 1.08 bits per heavy atom. The van der Waals surface area contributed by atoms with E-state index in [1.54, 1.807) is 0 Å². The standard InChI is InChI=1S/C15H24O.2CH3NOS/c1-10-8-11(14(2,3)4)13(16)12(9-10)15(5,6)7;2*2-1(3)4/h8-9,16H,1-7H3;2*(H3,2,3,4). The number of nitrogens with two attached hydrogens (primary N) is 2. The number of thiol groups is 2. The van der Waals surface area contributed by atoms with Crippen molar-refractivity contribution in [3.8, 4) is 5.75 Å². The molecule has 0 aliphatic heterocycles. The van der Waals surface area contributed by atoms with Crippen molar-refractivity contribution in [1.29, 1.82) is 0 Å². The van der Waals surface area contributed by atoms with Crippen LogP contribution in [0.2, 0.25) is 0 Å². The van der Waals surface area contributed by atoms with Crippen LogP contribution in [0.4, 0.5) is 9.59 Å². The zero-order valence-corrected chi connectivity index (χ0v) is 17.3. The molecule has 0 fully saturated rings. The molecule has 1 aromatic rings. The van der Waals surface area contributed by atoms with Crippen molar-refractivity contribution in [3.63, 3.8) is 0 Å². The average Bonchev–Trinajstić information content (AvgIpc) is 2.27. The van der Waals surface area contributed by atoms with Gasteiger partial charge in [0.25, 0.3) is 10.5 Å². The number of primary amides is 2. The van der Waals surface area contributed by atoms with Crippen molar-refractivity contribution in [2.45, 2.75) is 59.3 Å². The molecule has 0 heterocycles. The lowest BCUT2D eigenvalue weighted by molar-refractivity contribution is 0.266. The highest BCUT2D eigenvalue weighted by molar-refractivity contribution is 7.96. The van der Waals surface area contributed by atoms with Crippen molar-refractivity contribution in [3.05, 3.63) is 28.8 Å². The van der Waals surface area contributed by atoms with Crippen molar-refractivity contribution in [2.24, 2.45) is 11.5 Å². The van der Waals surface area contributed by atoms with Gasteiger partial charge in [-0.15, -0.1) is 0 Å². The molecule has 0 aromatic heterocycles. The van der Waals surface area contributed by atoms with Crippen molar-refractivity contribution < 1.29 is 14.7 Å². The first-order valence-corrected chi connectivity index (χ1v) is 8.21. The van der Waals surface area contributed by atoms with E-state index in [9.17, 15) is 5.11 Å². The number of aromatic hydroxyl groups is 1. The maximum Gasteiger partial charge on any atom is 0.273 e. The monoisotopic (exact) mass is 374 g/mol. The van der Waals surface area contributed by atoms with Gasteiger partial charge < -0.3 is 16.6 Å². The summed E-state index contributed by atoms with van der Waals surface area (Å²) in [4.78, 5) is 18.2. The Kier molecular flexibility index (Phi) is 10.2. The minimum atomic E-state index is -0.639. The van der Waals surface area contributed by atoms with Crippen LogP contribution in [0.3, 0.4) is 0 Å². The van der Waals surface area contributed by atoms with Gasteiger partial charge in [0.15, 0.2) is 0 Å². The summed E-state index contributed by atoms with van der Waals surface area (Å²) in [5.74, 6) is 0.464. The molecule has 0 bridgehead atoms. The summed E-state index contributed by atoms with van der Waals surface area (Å²) in [7, 11) is 0. The van der Waals surface area contributed by atoms with Crippen LogP contribution in [0.1, 0.15) is 58.2 Å². The van der Waals surface area contributed by atoms with Gasteiger partial charge >= 0.3 is 0 Å². The van der Waals surface area contributed by atoms with Crippen LogP contribution < -0.4 is 11.5 Å². The topological polar surface area (TPSA) is 106 Å². The Bertz CT molecular complexity index is 519. The molecule has 138 valence electrons. The third kappa shape index (κ3) is 11.2. The summed E-state index contributed by atoms with van der Waals surface area (Å²) in [6.45, 7) is 14.9. The highest BCUT2D eigenvalue weighted by atomic mass is 32.1. The first-order chi connectivity index (χ1) is 10.5. The smallest absolute Gasteiger partial charge is 0.273 e. The van der Waals surface area contributed by atoms with E-state index in [4.69, 9.17) is 9.59 Å². The van der Waals surface area contributed by atoms with E-state index in [-0.39, 0.29) is 10.8 Å². The van der Waals surface area contributed by atoms with Crippen LogP contribution in [-0.2, 0) is 10.8 Å². The molecule has 0 aliphatic rings. The summed E-state index contributed by atoms with van der Waals surface area (Å²) in [5, 5.41) is 9.11. The van der Waals surface area contributed by atoms with Gasteiger partial charge in [0, 0.05) is 0 Å². The van der Waals surface area contributed by atoms with Crippen LogP contribution in [0, 0.1) is 6.92 Å². The quantitative estimate of drug-likeness (QED) is 0.437. The molecule has 0 atom stereocenters. The van der Waals surface area contributed by atoms with E-state index in [0.717, 1.165) is 11.1 Å². The fourth-order valence-electron chi connectivity index (χ4n) is 1.92. The van der Waals surface area contributed by atoms with Crippen LogP contribution in [0.25, 0.3) is 0 Å². The van der Waals surface area contributed by atoms with Crippen molar-refractivity contribution in [2.75, 3.05) is 0 Å². The zero-order chi connectivity index (χ0) is 19.9. The Morgan fingerprint density at radius 1 is 0.875 bits per heavy atom. The molecule has 5 nitrogen and oxygen atoms in total. The maximum atomic E-state index is 10.4. The summed E-state index contributed by atoms with van der Waals surface area (Å²) >= 11 is 6.21. The Labute approximate surface area is 156 Å². The normalized spacial score (nSPS) is 10.7. The number of carbonyl (C=O) groups excluding carboxylic acids is 2. The molecule has 0 unspecified atom stereocenters. The molecule has 2 amide bonds. The molecular weight excluding hydrogens is 344 g/mol. The minimum Gasteiger partial charge on any atom is -0.507 e. The van der Waals surface area contributed by atoms with Crippen molar-refractivity contribution >= 4 is 35.7 Å². The molecule has 5 N–H and O–H groups in total. The van der Waals surface area contributed by atoms with E-state index in [1.807, 2.05) is 0 Å². The summed E-state index contributed by atoms with van der Waals surface area (Å²) in [5.41, 5.74) is 11.9. The fourth-order valence-corrected chi connectivity index (χ4v) is 1.92. The highest BCUT2D eigenvalue weighted by Gasteiger charge is 2.25. The number of amides is 2. The number of rotatable bonds is 0. The van der Waals surface area contributed by atoms with Crippen LogP contribution in [-0.4, -0.2) is 15.6 Å². The number of phenols is 1. The van der Waals surface area contributed by atoms with Gasteiger partial charge in [-0.05, 0) is 28.9 Å². The van der Waals surface area contributed by atoms with Crippen LogP contribution >= 0.6 is 25.3 Å². The molecule has 0 saturated carbocycles. The molecule has 0 saturated heterocycles. The zero-order valence-electron chi connectivity index (χ0n) is 15.5. The average molecular weight is 375 g/mol. The lowest BCUT2D eigenvalue weighted by Gasteiger charge is -2.27. The van der Waals surface area contributed by atoms with E-state index in [2.05, 4.69) is 97.3 Å². The van der Waals surface area contributed by atoms with Gasteiger partial charge in [0.1, 0.15) is 5.75 Å². The minimum absolute atomic E-state index is 0.0178. The Hall–Kier alpha value is -1.34. The third-order valence-electron chi connectivity index (χ3n) is 2.87. The van der Waals surface area contributed by atoms with Crippen LogP contribution in [0.15, 0.2) is 12.1 Å². The molecule has 24 heavy (non-hydrogen) atoms. The van der Waals surface area contributed by atoms with Crippen LogP contribution in [0.5, 0.6) is 5.75 Å². The van der Waals surface area contributed by atoms with E-state index >= 15 is 0 Å². The molecule has 7 heteroatoms. The maximum absolute atomic E-state index is 10.4. The predicted molar refractivity (Wildman–Crippen MR) is 107 cm³/mol. The second-order valence-corrected chi connectivity index (χ2v) is 8.27. The number of carbonyl (C=O) groups is 2. The SMILES string of the molecule is Cc1cc(C(C)(C)C)c(O)c(C(C)(C)C)c1.NC(=O)S.NC(=O)S. The Balaban J connectivity index is 0. The molecule has 1 rings (SSSR count). The first kappa shape index (κ1) is 24.9. The molecule has 1 aromatic carbocycles. The van der Waals surface area contributed by atoms with E-state index in [1.165, 1.54) is 5.56 Å². The highest BCUT2D eigenvalue weighted by Crippen LogP contribution is 2.39. The number of aryl methyl sites for hydroxylation is 1. The number of phenolic OH excluding ortho intramolecular Hbond substituents is 1. The lowest BCUT2D eigenvalue weighted by Crippen LogP contribution is -2.17. The number of hydrogen-bond donors (Lipinski definition) is 5. The summed E-state index contributed by atoms with van der Waals surface area (Å²) in [6, 6.07) is 4.18. The Morgan fingerprint density at radius 3 is 1.25 bits per heavy atom. The number of benzene rings is 1. The molecule has 0 spiro atoms. The third-order valence-corrected chi connectivity index (χ3v) is 2.87. The van der Waals surface area contributed by atoms with E-state index < -0.39 is 10.5 Å². The fraction of sp³-hybridized carbons (Fsp3) is 0.529. The largest absolute Gasteiger partial charge is 0.507 e. The second-order valence-electron chi connectivity index (χ2n) is 7.39. The molecular formula is C17H30N2O3S2. The van der Waals surface area contributed by atoms with Gasteiger partial charge in [0.2, 0.25) is 0 Å². The van der Waals surface area contributed by atoms with Gasteiger partial charge in [-0.1, -0.05) is 84.5 Å². The molecule has 0 aliphatic carbocycles. The second kappa shape index (κ2) is 9.84. The van der Waals surface area contributed by atoms with Gasteiger partial charge in [-0.3, -0.25) is 9.59 Å². The van der Waals surface area contributed by atoms with Gasteiger partial charge in [-0.25, -0.2) is 0 Å². The van der Waals surface area contributed by atoms with Gasteiger partial charge in [-0.2, -0.15) is 0 Å². The molecule has 0 radical (unpaired) electrons. The number of hydrogen-bond acceptors (Lipinski definition) is 3. The summed E-state index contributed by atoms with van der Waals surface area (Å²) in [6.07, 6.45) is 0. The predicted octanol–water partition coefficient (Wildman–Crippen LogP) is 4.29. The van der Waals surface area contributed by atoms with E-state index in [0.29, 0.717) is 5.75 Å². The summed E-state index contributed by atoms with van der Waals surface area (Å²) < 4.78 is 0. The van der Waals surface area contributed by atoms with Gasteiger partial charge in [0.05, 0.1) is 0 Å². The van der Waals surface area contributed by atoms with Crippen molar-refractivity contribution in [1.82, 2.24) is 0 Å². The lowest BCUT2D eigenvalue weighted by atomic mass is 9.78.